The van der Waals surface area contributed by atoms with E-state index in [2.05, 4.69) is 30.7 Å². The molecule has 1 aliphatic heterocycles. The van der Waals surface area contributed by atoms with Crippen molar-refractivity contribution in [2.24, 2.45) is 0 Å². The zero-order valence-electron chi connectivity index (χ0n) is 22.1. The molecule has 0 saturated carbocycles. The highest BCUT2D eigenvalue weighted by atomic mass is 32.2. The molecule has 41 heavy (non-hydrogen) atoms. The number of hydrogen-bond donors (Lipinski definition) is 3. The van der Waals surface area contributed by atoms with Gasteiger partial charge in [-0.15, -0.1) is 0 Å². The molecule has 2 heterocycles. The number of amides is 2. The highest BCUT2D eigenvalue weighted by molar-refractivity contribution is 7.91. The van der Waals surface area contributed by atoms with Gasteiger partial charge in [0.1, 0.15) is 11.6 Å². The van der Waals surface area contributed by atoms with Crippen LogP contribution in [-0.2, 0) is 34.1 Å². The van der Waals surface area contributed by atoms with Crippen molar-refractivity contribution >= 4 is 27.3 Å². The maximum atomic E-state index is 13.3. The van der Waals surface area contributed by atoms with Gasteiger partial charge in [-0.05, 0) is 59.7 Å². The van der Waals surface area contributed by atoms with Crippen molar-refractivity contribution in [2.45, 2.75) is 19.5 Å². The summed E-state index contributed by atoms with van der Waals surface area (Å²) >= 11 is 0. The molecule has 0 spiro atoms. The van der Waals surface area contributed by atoms with Gasteiger partial charge in [-0.3, -0.25) is 19.6 Å². The van der Waals surface area contributed by atoms with Crippen molar-refractivity contribution < 1.29 is 22.4 Å². The predicted octanol–water partition coefficient (Wildman–Crippen LogP) is 2.95. The first-order chi connectivity index (χ1) is 19.7. The Morgan fingerprint density at radius 3 is 2.44 bits per heavy atom. The Morgan fingerprint density at radius 2 is 1.68 bits per heavy atom. The minimum absolute atomic E-state index is 0.00756. The number of aromatic nitrogens is 3. The highest BCUT2D eigenvalue weighted by Crippen LogP contribution is 2.19. The monoisotopic (exact) mass is 576 g/mol. The number of nitrogens with zero attached hydrogens (tertiary/aromatic N) is 3. The molecule has 212 valence electrons. The molecule has 1 aliphatic rings. The maximum Gasteiger partial charge on any atom is 0.255 e. The van der Waals surface area contributed by atoms with Gasteiger partial charge in [0.05, 0.1) is 17.9 Å². The molecular weight excluding hydrogens is 547 g/mol. The molecule has 2 amide bonds. The van der Waals surface area contributed by atoms with E-state index in [0.717, 1.165) is 5.56 Å². The molecular formula is C29H29FN6O4S. The number of anilines is 1. The maximum absolute atomic E-state index is 13.3. The van der Waals surface area contributed by atoms with Crippen LogP contribution in [0.5, 0.6) is 0 Å². The molecule has 1 saturated heterocycles. The van der Waals surface area contributed by atoms with Crippen LogP contribution in [0.2, 0.25) is 0 Å². The second-order valence-corrected chi connectivity index (χ2v) is 12.2. The van der Waals surface area contributed by atoms with E-state index in [4.69, 9.17) is 0 Å². The number of H-pyrrole nitrogens is 1. The smallest absolute Gasteiger partial charge is 0.255 e. The number of halogens is 1. The van der Waals surface area contributed by atoms with Gasteiger partial charge in [-0.2, -0.15) is 5.10 Å². The van der Waals surface area contributed by atoms with Gasteiger partial charge >= 0.3 is 0 Å². The van der Waals surface area contributed by atoms with E-state index in [-0.39, 0.29) is 42.1 Å². The van der Waals surface area contributed by atoms with Gasteiger partial charge in [0.2, 0.25) is 5.91 Å². The number of nitrogens with one attached hydrogen (secondary N) is 3. The summed E-state index contributed by atoms with van der Waals surface area (Å²) in [5, 5.41) is 12.6. The van der Waals surface area contributed by atoms with Crippen molar-refractivity contribution in [3.05, 3.63) is 101 Å². The Bertz CT molecular complexity index is 1640. The van der Waals surface area contributed by atoms with Gasteiger partial charge in [0.25, 0.3) is 5.91 Å². The predicted molar refractivity (Wildman–Crippen MR) is 152 cm³/mol. The van der Waals surface area contributed by atoms with Gasteiger partial charge in [0.15, 0.2) is 15.7 Å². The number of benzene rings is 3. The lowest BCUT2D eigenvalue weighted by Crippen LogP contribution is -2.39. The molecule has 1 aromatic heterocycles. The Morgan fingerprint density at radius 1 is 0.951 bits per heavy atom. The van der Waals surface area contributed by atoms with Gasteiger partial charge in [0, 0.05) is 43.0 Å². The zero-order valence-corrected chi connectivity index (χ0v) is 23.0. The first-order valence-electron chi connectivity index (χ1n) is 13.1. The number of rotatable bonds is 9. The molecule has 0 atom stereocenters. The minimum Gasteiger partial charge on any atom is -0.352 e. The summed E-state index contributed by atoms with van der Waals surface area (Å²) in [7, 11) is -2.94. The van der Waals surface area contributed by atoms with E-state index in [0.29, 0.717) is 53.7 Å². The largest absolute Gasteiger partial charge is 0.352 e. The van der Waals surface area contributed by atoms with E-state index in [9.17, 15) is 22.4 Å². The lowest BCUT2D eigenvalue weighted by molar-refractivity contribution is -0.120. The Balaban J connectivity index is 1.13. The first-order valence-corrected chi connectivity index (χ1v) is 14.9. The summed E-state index contributed by atoms with van der Waals surface area (Å²) in [5.41, 5.74) is 3.41. The van der Waals surface area contributed by atoms with E-state index in [1.54, 1.807) is 42.5 Å². The fourth-order valence-electron chi connectivity index (χ4n) is 4.45. The molecule has 0 bridgehead atoms. The number of carbonyl (C=O) groups is 2. The van der Waals surface area contributed by atoms with E-state index < -0.39 is 9.84 Å². The molecule has 0 aliphatic carbocycles. The molecule has 5 rings (SSSR count). The number of hydrogen-bond acceptors (Lipinski definition) is 7. The SMILES string of the molecule is O=C(Cc1nc(-c2ccc(NC(=O)c3cccc(CN4CCS(=O)(=O)CC4)c3)cc2)n[nH]1)NCc1cccc(F)c1. The zero-order chi connectivity index (χ0) is 28.8. The van der Waals surface area contributed by atoms with Crippen molar-refractivity contribution in [3.63, 3.8) is 0 Å². The second kappa shape index (κ2) is 12.4. The van der Waals surface area contributed by atoms with Crippen LogP contribution in [0.3, 0.4) is 0 Å². The quantitative estimate of drug-likeness (QED) is 0.279. The van der Waals surface area contributed by atoms with Crippen molar-refractivity contribution in [3.8, 4) is 11.4 Å². The van der Waals surface area contributed by atoms with Crippen molar-refractivity contribution in [1.29, 1.82) is 0 Å². The first kappa shape index (κ1) is 28.1. The van der Waals surface area contributed by atoms with Crippen LogP contribution in [0.25, 0.3) is 11.4 Å². The van der Waals surface area contributed by atoms with Crippen LogP contribution in [-0.4, -0.2) is 64.9 Å². The summed E-state index contributed by atoms with van der Waals surface area (Å²) in [4.78, 5) is 31.6. The van der Waals surface area contributed by atoms with E-state index >= 15 is 0 Å². The third-order valence-corrected chi connectivity index (χ3v) is 8.28. The van der Waals surface area contributed by atoms with E-state index in [1.807, 2.05) is 18.2 Å². The Hall–Kier alpha value is -4.42. The highest BCUT2D eigenvalue weighted by Gasteiger charge is 2.21. The van der Waals surface area contributed by atoms with Crippen LogP contribution < -0.4 is 10.6 Å². The summed E-state index contributed by atoms with van der Waals surface area (Å²) in [5.74, 6) is 0.224. The molecule has 0 radical (unpaired) electrons. The van der Waals surface area contributed by atoms with Gasteiger partial charge in [-0.25, -0.2) is 17.8 Å². The van der Waals surface area contributed by atoms with Crippen LogP contribution in [0.15, 0.2) is 72.8 Å². The van der Waals surface area contributed by atoms with Crippen molar-refractivity contribution in [1.82, 2.24) is 25.4 Å². The topological polar surface area (TPSA) is 137 Å². The fourth-order valence-corrected chi connectivity index (χ4v) is 5.73. The Labute approximate surface area is 236 Å². The minimum atomic E-state index is -2.94. The normalized spacial score (nSPS) is 14.9. The standard InChI is InChI=1S/C29H29FN6O4S/c30-24-6-2-3-20(16-24)18-31-27(37)17-26-33-28(35-34-26)22-7-9-25(10-8-22)32-29(38)23-5-1-4-21(15-23)19-36-11-13-41(39,40)14-12-36/h1-10,15-16H,11-14,17-19H2,(H,31,37)(H,32,38)(H,33,34,35). The average Bonchev–Trinajstić information content (AvgIpc) is 3.42. The van der Waals surface area contributed by atoms with Gasteiger partial charge < -0.3 is 10.6 Å². The molecule has 1 fully saturated rings. The third-order valence-electron chi connectivity index (χ3n) is 6.67. The molecule has 12 heteroatoms. The number of carbonyl (C=O) groups excluding carboxylic acids is 2. The molecule has 3 aromatic carbocycles. The summed E-state index contributed by atoms with van der Waals surface area (Å²) < 4.78 is 36.6. The van der Waals surface area contributed by atoms with Crippen LogP contribution in [0.4, 0.5) is 10.1 Å². The molecule has 4 aromatic rings. The molecule has 0 unspecified atom stereocenters. The summed E-state index contributed by atoms with van der Waals surface area (Å²) in [6.45, 7) is 1.76. The van der Waals surface area contributed by atoms with Crippen LogP contribution >= 0.6 is 0 Å². The average molecular weight is 577 g/mol. The van der Waals surface area contributed by atoms with Crippen LogP contribution in [0.1, 0.15) is 27.3 Å². The third kappa shape index (κ3) is 7.83. The van der Waals surface area contributed by atoms with Gasteiger partial charge in [-0.1, -0.05) is 24.3 Å². The van der Waals surface area contributed by atoms with Crippen LogP contribution in [0, 0.1) is 5.82 Å². The fraction of sp³-hybridized carbons (Fsp3) is 0.241. The lowest BCUT2D eigenvalue weighted by Gasteiger charge is -2.26. The molecule has 10 nitrogen and oxygen atoms in total. The second-order valence-electron chi connectivity index (χ2n) is 9.85. The van der Waals surface area contributed by atoms with Crippen molar-refractivity contribution in [2.75, 3.05) is 29.9 Å². The summed E-state index contributed by atoms with van der Waals surface area (Å²) in [6, 6.07) is 20.3. The molecule has 3 N–H and O–H groups in total. The lowest BCUT2D eigenvalue weighted by atomic mass is 10.1. The number of aromatic amines is 1. The Kier molecular flexibility index (Phi) is 8.50. The summed E-state index contributed by atoms with van der Waals surface area (Å²) in [6.07, 6.45) is -0.00756. The number of sulfone groups is 1. The van der Waals surface area contributed by atoms with E-state index in [1.165, 1.54) is 12.1 Å².